The largest absolute Gasteiger partial charge is 0.478 e. The second-order valence-electron chi connectivity index (χ2n) is 9.91. The Labute approximate surface area is 285 Å². The van der Waals surface area contributed by atoms with Gasteiger partial charge in [0, 0.05) is 25.4 Å². The standard InChI is InChI=1S/C32H47NO16/c1-4-7-26(36)33-29-31(47-18-15-42-6-3)30(46-17-14-41-5-2)25(22-45-13-12-43-20-23(34)8-10-27(37)38)49-32(29)48-19-16-44-21-24(35)9-11-28(39)40/h1,8-11,25,29-32H,5-7,12-22H2,2-3H3,(H,33,36)(H,37,38)(H,39,40)/b10-8-,11-9-. The van der Waals surface area contributed by atoms with Gasteiger partial charge in [0.05, 0.1) is 65.9 Å². The molecule has 17 heteroatoms. The number of nitrogens with one attached hydrogen (secondary N) is 1. The molecule has 1 amide bonds. The molecule has 0 aromatic heterocycles. The summed E-state index contributed by atoms with van der Waals surface area (Å²) in [5.74, 6) is -1.83. The zero-order valence-electron chi connectivity index (χ0n) is 27.8. The molecule has 0 aliphatic carbocycles. The van der Waals surface area contributed by atoms with E-state index in [1.807, 2.05) is 13.8 Å². The first kappa shape index (κ1) is 43.5. The van der Waals surface area contributed by atoms with Crippen LogP contribution in [0.25, 0.3) is 0 Å². The molecular formula is C32H47NO16. The average Bonchev–Trinajstić information content (AvgIpc) is 3.06. The molecule has 0 bridgehead atoms. The predicted molar refractivity (Wildman–Crippen MR) is 168 cm³/mol. The van der Waals surface area contributed by atoms with Crippen LogP contribution >= 0.6 is 0 Å². The molecule has 0 saturated carbocycles. The van der Waals surface area contributed by atoms with Crippen LogP contribution in [-0.4, -0.2) is 156 Å². The van der Waals surface area contributed by atoms with Gasteiger partial charge in [-0.2, -0.15) is 0 Å². The number of hydrogen-bond donors (Lipinski definition) is 3. The van der Waals surface area contributed by atoms with Crippen LogP contribution in [0.4, 0.5) is 0 Å². The molecule has 1 aliphatic rings. The fourth-order valence-corrected chi connectivity index (χ4v) is 4.15. The molecule has 5 atom stereocenters. The third-order valence-corrected chi connectivity index (χ3v) is 6.20. The SMILES string of the molecule is C#CCC(=O)NC1C(OCCOCC(=O)/C=C\C(=O)O)OC(COCCOCC(=O)/C=C\C(=O)O)C(OCCOCC)C1OCCOCC. The van der Waals surface area contributed by atoms with E-state index in [-0.39, 0.29) is 79.1 Å². The van der Waals surface area contributed by atoms with Crippen molar-refractivity contribution in [1.29, 1.82) is 0 Å². The van der Waals surface area contributed by atoms with Gasteiger partial charge in [-0.05, 0) is 26.0 Å². The van der Waals surface area contributed by atoms with Gasteiger partial charge in [0.1, 0.15) is 37.6 Å². The summed E-state index contributed by atoms with van der Waals surface area (Å²) in [5.41, 5.74) is 0. The molecule has 1 fully saturated rings. The number of carboxylic acids is 2. The molecule has 1 saturated heterocycles. The van der Waals surface area contributed by atoms with Gasteiger partial charge in [0.2, 0.25) is 5.91 Å². The number of amides is 1. The second-order valence-corrected chi connectivity index (χ2v) is 9.91. The normalized spacial score (nSPS) is 20.7. The van der Waals surface area contributed by atoms with Crippen molar-refractivity contribution >= 4 is 29.4 Å². The lowest BCUT2D eigenvalue weighted by atomic mass is 9.96. The zero-order chi connectivity index (χ0) is 36.3. The van der Waals surface area contributed by atoms with Crippen molar-refractivity contribution in [2.45, 2.75) is 50.9 Å². The average molecular weight is 702 g/mol. The highest BCUT2D eigenvalue weighted by Crippen LogP contribution is 2.28. The maximum atomic E-state index is 12.7. The summed E-state index contributed by atoms with van der Waals surface area (Å²) in [6.45, 7) is 4.41. The number of carbonyl (C=O) groups excluding carboxylic acids is 3. The second kappa shape index (κ2) is 27.3. The van der Waals surface area contributed by atoms with Crippen molar-refractivity contribution < 1.29 is 76.8 Å². The summed E-state index contributed by atoms with van der Waals surface area (Å²) >= 11 is 0. The fraction of sp³-hybridized carbons (Fsp3) is 0.656. The van der Waals surface area contributed by atoms with Crippen molar-refractivity contribution in [3.63, 3.8) is 0 Å². The van der Waals surface area contributed by atoms with Crippen LogP contribution in [0.5, 0.6) is 0 Å². The summed E-state index contributed by atoms with van der Waals surface area (Å²) in [6, 6.07) is -0.941. The van der Waals surface area contributed by atoms with Crippen LogP contribution in [-0.2, 0) is 66.6 Å². The first-order valence-electron chi connectivity index (χ1n) is 15.6. The smallest absolute Gasteiger partial charge is 0.328 e. The molecule has 49 heavy (non-hydrogen) atoms. The number of aliphatic carboxylic acids is 2. The minimum Gasteiger partial charge on any atom is -0.478 e. The van der Waals surface area contributed by atoms with Crippen LogP contribution in [0, 0.1) is 12.3 Å². The summed E-state index contributed by atoms with van der Waals surface area (Å²) in [7, 11) is 0. The van der Waals surface area contributed by atoms with Crippen LogP contribution in [0.1, 0.15) is 20.3 Å². The zero-order valence-corrected chi connectivity index (χ0v) is 27.8. The van der Waals surface area contributed by atoms with E-state index >= 15 is 0 Å². The number of carbonyl (C=O) groups is 5. The molecule has 0 aromatic carbocycles. The van der Waals surface area contributed by atoms with Crippen LogP contribution in [0.3, 0.4) is 0 Å². The maximum absolute atomic E-state index is 12.7. The van der Waals surface area contributed by atoms with Gasteiger partial charge in [0.25, 0.3) is 0 Å². The number of hydrogen-bond acceptors (Lipinski definition) is 14. The Kier molecular flexibility index (Phi) is 24.2. The minimum atomic E-state index is -1.27. The molecule has 5 unspecified atom stereocenters. The first-order chi connectivity index (χ1) is 23.6. The highest BCUT2D eigenvalue weighted by atomic mass is 16.7. The number of carboxylic acid groups (broad SMARTS) is 2. The summed E-state index contributed by atoms with van der Waals surface area (Å²) in [5, 5.41) is 20.1. The molecule has 1 aliphatic heterocycles. The lowest BCUT2D eigenvalue weighted by Crippen LogP contribution is -2.66. The van der Waals surface area contributed by atoms with Crippen molar-refractivity contribution in [3.05, 3.63) is 24.3 Å². The van der Waals surface area contributed by atoms with Gasteiger partial charge in [-0.25, -0.2) is 9.59 Å². The molecule has 1 rings (SSSR count). The van der Waals surface area contributed by atoms with Gasteiger partial charge in [-0.15, -0.1) is 6.42 Å². The summed E-state index contributed by atoms with van der Waals surface area (Å²) in [4.78, 5) is 57.4. The van der Waals surface area contributed by atoms with Crippen LogP contribution in [0.15, 0.2) is 24.3 Å². The Morgan fingerprint density at radius 3 is 1.71 bits per heavy atom. The Bertz CT molecular complexity index is 1100. The van der Waals surface area contributed by atoms with Gasteiger partial charge >= 0.3 is 11.9 Å². The first-order valence-corrected chi connectivity index (χ1v) is 15.6. The Morgan fingerprint density at radius 2 is 1.18 bits per heavy atom. The number of rotatable bonds is 29. The van der Waals surface area contributed by atoms with Gasteiger partial charge in [0.15, 0.2) is 17.9 Å². The molecule has 0 aromatic rings. The molecule has 17 nitrogen and oxygen atoms in total. The number of ether oxygens (including phenoxy) is 9. The molecule has 3 N–H and O–H groups in total. The third-order valence-electron chi connectivity index (χ3n) is 6.20. The van der Waals surface area contributed by atoms with Crippen molar-refractivity contribution in [1.82, 2.24) is 5.32 Å². The van der Waals surface area contributed by atoms with Crippen molar-refractivity contribution in [2.24, 2.45) is 0 Å². The van der Waals surface area contributed by atoms with Crippen LogP contribution in [0.2, 0.25) is 0 Å². The predicted octanol–water partition coefficient (Wildman–Crippen LogP) is -0.451. The van der Waals surface area contributed by atoms with Crippen LogP contribution < -0.4 is 5.32 Å². The molecule has 0 radical (unpaired) electrons. The summed E-state index contributed by atoms with van der Waals surface area (Å²) in [6.07, 6.45) is 4.66. The Morgan fingerprint density at radius 1 is 0.694 bits per heavy atom. The van der Waals surface area contributed by atoms with E-state index in [1.54, 1.807) is 0 Å². The Hall–Kier alpha value is -3.57. The topological polar surface area (TPSA) is 221 Å². The van der Waals surface area contributed by atoms with E-state index in [0.717, 1.165) is 12.2 Å². The van der Waals surface area contributed by atoms with Gasteiger partial charge in [-0.1, -0.05) is 5.92 Å². The van der Waals surface area contributed by atoms with E-state index in [1.165, 1.54) is 0 Å². The highest BCUT2D eigenvalue weighted by Gasteiger charge is 2.48. The van der Waals surface area contributed by atoms with E-state index < -0.39 is 60.1 Å². The van der Waals surface area contributed by atoms with Crippen molar-refractivity contribution in [3.8, 4) is 12.3 Å². The lowest BCUT2D eigenvalue weighted by molar-refractivity contribution is -0.290. The fourth-order valence-electron chi connectivity index (χ4n) is 4.15. The number of terminal acetylenes is 1. The molecular weight excluding hydrogens is 654 g/mol. The van der Waals surface area contributed by atoms with Gasteiger partial charge < -0.3 is 58.2 Å². The minimum absolute atomic E-state index is 0.00589. The quantitative estimate of drug-likeness (QED) is 0.0511. The third kappa shape index (κ3) is 20.5. The monoisotopic (exact) mass is 701 g/mol. The van der Waals surface area contributed by atoms with E-state index in [9.17, 15) is 24.0 Å². The maximum Gasteiger partial charge on any atom is 0.328 e. The van der Waals surface area contributed by atoms with E-state index in [4.69, 9.17) is 59.3 Å². The molecule has 276 valence electrons. The molecule has 0 spiro atoms. The van der Waals surface area contributed by atoms with Gasteiger partial charge in [-0.3, -0.25) is 14.4 Å². The summed E-state index contributed by atoms with van der Waals surface area (Å²) < 4.78 is 51.7. The molecule has 1 heterocycles. The number of ketones is 2. The van der Waals surface area contributed by atoms with Crippen molar-refractivity contribution in [2.75, 3.05) is 85.9 Å². The highest BCUT2D eigenvalue weighted by molar-refractivity contribution is 5.96. The van der Waals surface area contributed by atoms with E-state index in [0.29, 0.717) is 25.4 Å². The lowest BCUT2D eigenvalue weighted by Gasteiger charge is -2.46. The van der Waals surface area contributed by atoms with E-state index in [2.05, 4.69) is 11.2 Å². The Balaban J connectivity index is 3.10.